The van der Waals surface area contributed by atoms with Crippen LogP contribution < -0.4 is 0 Å². The van der Waals surface area contributed by atoms with Gasteiger partial charge in [-0.2, -0.15) is 14.0 Å². The number of aryl methyl sites for hydroxylation is 1. The van der Waals surface area contributed by atoms with Crippen LogP contribution in [-0.2, 0) is 29.7 Å². The van der Waals surface area contributed by atoms with E-state index in [1.54, 1.807) is 4.68 Å². The first kappa shape index (κ1) is 30.5. The molecule has 0 radical (unpaired) electrons. The fourth-order valence-corrected chi connectivity index (χ4v) is 4.99. The molecule has 0 saturated heterocycles. The minimum absolute atomic E-state index is 0.153. The van der Waals surface area contributed by atoms with Crippen LogP contribution in [0.15, 0.2) is 30.3 Å². The zero-order valence-electron chi connectivity index (χ0n) is 25.7. The summed E-state index contributed by atoms with van der Waals surface area (Å²) >= 11 is 0. The number of nitrogens with zero attached hydrogens (tertiary/aromatic N) is 7. The molecule has 0 amide bonds. The Labute approximate surface area is 242 Å². The van der Waals surface area contributed by atoms with Gasteiger partial charge in [-0.15, -0.1) is 15.3 Å². The van der Waals surface area contributed by atoms with Gasteiger partial charge in [-0.25, -0.2) is 9.67 Å². The maximum Gasteiger partial charge on any atom is 0.308 e. The molecule has 0 aliphatic rings. The first-order valence-corrected chi connectivity index (χ1v) is 14.7. The summed E-state index contributed by atoms with van der Waals surface area (Å²) in [6, 6.07) is 10.4. The fraction of sp³-hybridized carbons (Fsp3) is 0.581. The van der Waals surface area contributed by atoms with Crippen molar-refractivity contribution in [1.82, 2.24) is 40.0 Å². The van der Waals surface area contributed by atoms with Gasteiger partial charge in [0.05, 0.1) is 12.2 Å². The average Bonchev–Trinajstić information content (AvgIpc) is 3.64. The summed E-state index contributed by atoms with van der Waals surface area (Å²) in [6.45, 7) is 17.5. The van der Waals surface area contributed by atoms with Gasteiger partial charge in [0.25, 0.3) is 0 Å². The highest BCUT2D eigenvalue weighted by molar-refractivity contribution is 5.64. The maximum atomic E-state index is 14.9. The Balaban J connectivity index is 1.74. The number of H-pyrrole nitrogens is 1. The van der Waals surface area contributed by atoms with Crippen LogP contribution in [0.1, 0.15) is 116 Å². The summed E-state index contributed by atoms with van der Waals surface area (Å²) in [7, 11) is 0. The summed E-state index contributed by atoms with van der Waals surface area (Å²) < 4.78 is 33.6. The van der Waals surface area contributed by atoms with Gasteiger partial charge >= 0.3 is 5.92 Å². The minimum atomic E-state index is -3.03. The van der Waals surface area contributed by atoms with Crippen molar-refractivity contribution in [3.63, 3.8) is 0 Å². The van der Waals surface area contributed by atoms with E-state index in [-0.39, 0.29) is 23.1 Å². The summed E-state index contributed by atoms with van der Waals surface area (Å²) in [4.78, 5) is 4.31. The highest BCUT2D eigenvalue weighted by Gasteiger charge is 2.36. The van der Waals surface area contributed by atoms with Gasteiger partial charge in [0.15, 0.2) is 0 Å². The molecule has 0 aliphatic carbocycles. The van der Waals surface area contributed by atoms with Crippen LogP contribution in [0.3, 0.4) is 0 Å². The molecule has 3 heterocycles. The molecule has 41 heavy (non-hydrogen) atoms. The Morgan fingerprint density at radius 3 is 2.15 bits per heavy atom. The number of hydrogen-bond acceptors (Lipinski definition) is 5. The SMILES string of the molecule is CCCCc1nc(C(F)(F)CCCC)nn1Cc1ccc(-n2c(C(C)(C)C)cc(C(C)(C)C)c2-c2nn[nH]n2)cc1. The molecule has 0 fully saturated rings. The number of tetrazole rings is 1. The Morgan fingerprint density at radius 1 is 0.902 bits per heavy atom. The van der Waals surface area contributed by atoms with Crippen LogP contribution in [0.4, 0.5) is 8.78 Å². The van der Waals surface area contributed by atoms with Gasteiger partial charge in [0, 0.05) is 29.6 Å². The molecule has 3 aromatic heterocycles. The molecule has 0 atom stereocenters. The lowest BCUT2D eigenvalue weighted by molar-refractivity contribution is -0.0245. The van der Waals surface area contributed by atoms with Gasteiger partial charge in [0.2, 0.25) is 11.6 Å². The standard InChI is InChI=1S/C31H44F2N8/c1-9-11-13-25-34-28(31(32,33)18-12-10-2)37-40(25)20-21-14-16-22(17-15-21)41-24(30(6,7)8)19-23(29(3,4)5)26(41)27-35-38-39-36-27/h14-17,19H,9-13,18,20H2,1-8H3,(H,35,36,38,39). The van der Waals surface area contributed by atoms with Crippen LogP contribution in [-0.4, -0.2) is 40.0 Å². The third-order valence-electron chi connectivity index (χ3n) is 7.33. The lowest BCUT2D eigenvalue weighted by Gasteiger charge is -2.23. The highest BCUT2D eigenvalue weighted by Crippen LogP contribution is 2.40. The van der Waals surface area contributed by atoms with E-state index in [1.807, 2.05) is 19.1 Å². The van der Waals surface area contributed by atoms with Crippen molar-refractivity contribution < 1.29 is 8.78 Å². The lowest BCUT2D eigenvalue weighted by Crippen LogP contribution is -2.17. The van der Waals surface area contributed by atoms with E-state index in [9.17, 15) is 8.78 Å². The molecule has 0 aliphatic heterocycles. The molecular formula is C31H44F2N8. The molecule has 0 unspecified atom stereocenters. The highest BCUT2D eigenvalue weighted by atomic mass is 19.3. The summed E-state index contributed by atoms with van der Waals surface area (Å²) in [5.74, 6) is -2.25. The predicted molar refractivity (Wildman–Crippen MR) is 157 cm³/mol. The van der Waals surface area contributed by atoms with Crippen LogP contribution in [0, 0.1) is 0 Å². The zero-order chi connectivity index (χ0) is 30.0. The van der Waals surface area contributed by atoms with Crippen LogP contribution in [0.25, 0.3) is 17.2 Å². The van der Waals surface area contributed by atoms with Crippen molar-refractivity contribution in [3.05, 3.63) is 58.8 Å². The number of hydrogen-bond donors (Lipinski definition) is 1. The molecule has 4 aromatic rings. The van der Waals surface area contributed by atoms with E-state index in [4.69, 9.17) is 0 Å². The van der Waals surface area contributed by atoms with E-state index in [0.717, 1.165) is 41.0 Å². The maximum absolute atomic E-state index is 14.9. The summed E-state index contributed by atoms with van der Waals surface area (Å²) in [6.07, 6.45) is 3.35. The molecule has 222 valence electrons. The number of nitrogens with one attached hydrogen (secondary N) is 1. The van der Waals surface area contributed by atoms with E-state index in [0.29, 0.717) is 37.5 Å². The Morgan fingerprint density at radius 2 is 1.59 bits per heavy atom. The second-order valence-corrected chi connectivity index (χ2v) is 12.9. The van der Waals surface area contributed by atoms with Crippen LogP contribution in [0.2, 0.25) is 0 Å². The van der Waals surface area contributed by atoms with Gasteiger partial charge in [-0.05, 0) is 52.8 Å². The molecule has 8 nitrogen and oxygen atoms in total. The first-order valence-electron chi connectivity index (χ1n) is 14.7. The van der Waals surface area contributed by atoms with Crippen molar-refractivity contribution in [2.24, 2.45) is 0 Å². The van der Waals surface area contributed by atoms with Crippen LogP contribution >= 0.6 is 0 Å². The molecule has 0 bridgehead atoms. The predicted octanol–water partition coefficient (Wildman–Crippen LogP) is 7.52. The largest absolute Gasteiger partial charge is 0.310 e. The lowest BCUT2D eigenvalue weighted by atomic mass is 9.85. The number of halogens is 2. The molecule has 4 rings (SSSR count). The second-order valence-electron chi connectivity index (χ2n) is 12.9. The number of aromatic nitrogens is 8. The van der Waals surface area contributed by atoms with Gasteiger partial charge in [0.1, 0.15) is 5.82 Å². The Bertz CT molecular complexity index is 1420. The summed E-state index contributed by atoms with van der Waals surface area (Å²) in [5, 5.41) is 19.4. The molecule has 1 aromatic carbocycles. The fourth-order valence-electron chi connectivity index (χ4n) is 4.99. The second kappa shape index (κ2) is 11.8. The molecule has 10 heteroatoms. The van der Waals surface area contributed by atoms with E-state index < -0.39 is 5.92 Å². The summed E-state index contributed by atoms with van der Waals surface area (Å²) in [5.41, 5.74) is 4.78. The van der Waals surface area contributed by atoms with E-state index in [1.165, 1.54) is 0 Å². The van der Waals surface area contributed by atoms with Crippen molar-refractivity contribution in [1.29, 1.82) is 0 Å². The quantitative estimate of drug-likeness (QED) is 0.203. The van der Waals surface area contributed by atoms with E-state index >= 15 is 0 Å². The van der Waals surface area contributed by atoms with Gasteiger partial charge < -0.3 is 4.57 Å². The van der Waals surface area contributed by atoms with Gasteiger partial charge in [-0.1, -0.05) is 80.4 Å². The van der Waals surface area contributed by atoms with Crippen molar-refractivity contribution in [2.75, 3.05) is 0 Å². The number of alkyl halides is 2. The first-order chi connectivity index (χ1) is 19.3. The number of aromatic amines is 1. The number of benzene rings is 1. The molecular weight excluding hydrogens is 522 g/mol. The smallest absolute Gasteiger partial charge is 0.308 e. The Hall–Kier alpha value is -3.43. The van der Waals surface area contributed by atoms with Crippen LogP contribution in [0.5, 0.6) is 0 Å². The monoisotopic (exact) mass is 566 g/mol. The molecule has 0 saturated carbocycles. The van der Waals surface area contributed by atoms with Crippen molar-refractivity contribution in [3.8, 4) is 17.2 Å². The van der Waals surface area contributed by atoms with Crippen molar-refractivity contribution >= 4 is 0 Å². The minimum Gasteiger partial charge on any atom is -0.310 e. The van der Waals surface area contributed by atoms with Gasteiger partial charge in [-0.3, -0.25) is 0 Å². The molecule has 0 spiro atoms. The topological polar surface area (TPSA) is 90.1 Å². The molecule has 1 N–H and O–H groups in total. The number of unbranched alkanes of at least 4 members (excludes halogenated alkanes) is 2. The number of rotatable bonds is 11. The Kier molecular flexibility index (Phi) is 8.80. The van der Waals surface area contributed by atoms with E-state index in [2.05, 4.69) is 102 Å². The third-order valence-corrected chi connectivity index (χ3v) is 7.33. The normalized spacial score (nSPS) is 12.8. The zero-order valence-corrected chi connectivity index (χ0v) is 25.7. The van der Waals surface area contributed by atoms with Crippen molar-refractivity contribution in [2.45, 2.75) is 117 Å². The third kappa shape index (κ3) is 6.73. The average molecular weight is 567 g/mol.